The molecule has 31 heavy (non-hydrogen) atoms. The van der Waals surface area contributed by atoms with E-state index >= 15 is 0 Å². The van der Waals surface area contributed by atoms with Crippen LogP contribution in [0, 0.1) is 0 Å². The molecule has 1 N–H and O–H groups in total. The average molecular weight is 423 g/mol. The van der Waals surface area contributed by atoms with Gasteiger partial charge in [0.2, 0.25) is 5.91 Å². The Bertz CT molecular complexity index is 988. The van der Waals surface area contributed by atoms with Gasteiger partial charge in [-0.2, -0.15) is 0 Å². The van der Waals surface area contributed by atoms with E-state index in [1.54, 1.807) is 4.90 Å². The van der Waals surface area contributed by atoms with Crippen molar-refractivity contribution in [1.82, 2.24) is 14.8 Å². The number of carbonyl (C=O) groups is 2. The number of pyridine rings is 1. The zero-order chi connectivity index (χ0) is 21.6. The topological polar surface area (TPSA) is 74.6 Å². The van der Waals surface area contributed by atoms with Gasteiger partial charge in [-0.15, -0.1) is 0 Å². The summed E-state index contributed by atoms with van der Waals surface area (Å²) in [6.45, 7) is 3.95. The van der Waals surface area contributed by atoms with E-state index < -0.39 is 0 Å². The molecule has 0 unspecified atom stereocenters. The molecule has 0 radical (unpaired) electrons. The van der Waals surface area contributed by atoms with Crippen LogP contribution in [-0.2, 0) is 17.9 Å². The average Bonchev–Trinajstić information content (AvgIpc) is 3.34. The molecule has 2 aliphatic rings. The molecule has 3 heterocycles. The summed E-state index contributed by atoms with van der Waals surface area (Å²) in [5.74, 6) is -0.325. The molecule has 0 atom stereocenters. The number of para-hydroxylation sites is 1. The summed E-state index contributed by atoms with van der Waals surface area (Å²) in [7, 11) is 0. The van der Waals surface area contributed by atoms with Gasteiger partial charge in [0.05, 0.1) is 5.56 Å². The Hall–Kier alpha value is -3.09. The first-order valence-corrected chi connectivity index (χ1v) is 11.2. The van der Waals surface area contributed by atoms with Crippen molar-refractivity contribution in [3.8, 4) is 0 Å². The van der Waals surface area contributed by atoms with Crippen LogP contribution in [0.4, 0.5) is 5.69 Å². The van der Waals surface area contributed by atoms with Crippen molar-refractivity contribution in [2.24, 2.45) is 0 Å². The molecule has 0 bridgehead atoms. The molecule has 2 amide bonds. The normalized spacial score (nSPS) is 16.4. The van der Waals surface area contributed by atoms with Gasteiger partial charge in [-0.05, 0) is 49.8 Å². The van der Waals surface area contributed by atoms with E-state index in [4.69, 9.17) is 0 Å². The van der Waals surface area contributed by atoms with Crippen LogP contribution in [-0.4, -0.2) is 47.5 Å². The molecule has 1 aromatic heterocycles. The zero-order valence-electron chi connectivity index (χ0n) is 17.9. The minimum Gasteiger partial charge on any atom is -0.371 e. The van der Waals surface area contributed by atoms with E-state index in [0.29, 0.717) is 12.1 Å². The third kappa shape index (κ3) is 5.16. The highest BCUT2D eigenvalue weighted by molar-refractivity contribution is 5.94. The summed E-state index contributed by atoms with van der Waals surface area (Å²) in [4.78, 5) is 41.7. The van der Waals surface area contributed by atoms with E-state index in [2.05, 4.69) is 16.3 Å². The summed E-state index contributed by atoms with van der Waals surface area (Å²) >= 11 is 0. The second-order valence-electron chi connectivity index (χ2n) is 8.33. The molecule has 0 aliphatic carbocycles. The lowest BCUT2D eigenvalue weighted by atomic mass is 10.1. The number of rotatable bonds is 6. The van der Waals surface area contributed by atoms with E-state index in [1.807, 2.05) is 18.2 Å². The maximum absolute atomic E-state index is 12.8. The molecule has 2 fully saturated rings. The zero-order valence-corrected chi connectivity index (χ0v) is 17.9. The van der Waals surface area contributed by atoms with Crippen LogP contribution in [0.2, 0.25) is 0 Å². The van der Waals surface area contributed by atoms with Gasteiger partial charge in [0.25, 0.3) is 11.5 Å². The first kappa shape index (κ1) is 21.2. The molecule has 2 aromatic rings. The van der Waals surface area contributed by atoms with Gasteiger partial charge in [-0.25, -0.2) is 0 Å². The van der Waals surface area contributed by atoms with E-state index in [0.717, 1.165) is 56.7 Å². The Morgan fingerprint density at radius 3 is 2.35 bits per heavy atom. The highest BCUT2D eigenvalue weighted by atomic mass is 16.2. The number of carbonyl (C=O) groups excluding carboxylic acids is 2. The SMILES string of the molecule is O=C(NCc1ccccc1N1CCCC1)c1ccc(=O)n(CC(=O)N2CCCCC2)c1. The first-order valence-electron chi connectivity index (χ1n) is 11.2. The minimum atomic E-state index is -0.277. The second kappa shape index (κ2) is 9.81. The fourth-order valence-corrected chi connectivity index (χ4v) is 4.38. The summed E-state index contributed by atoms with van der Waals surface area (Å²) < 4.78 is 1.34. The monoisotopic (exact) mass is 422 g/mol. The first-order chi connectivity index (χ1) is 15.1. The highest BCUT2D eigenvalue weighted by Crippen LogP contribution is 2.24. The smallest absolute Gasteiger partial charge is 0.253 e. The van der Waals surface area contributed by atoms with Crippen LogP contribution in [0.25, 0.3) is 0 Å². The van der Waals surface area contributed by atoms with Crippen molar-refractivity contribution in [1.29, 1.82) is 0 Å². The summed E-state index contributed by atoms with van der Waals surface area (Å²) in [5, 5.41) is 2.97. The predicted octanol–water partition coefficient (Wildman–Crippen LogP) is 2.39. The van der Waals surface area contributed by atoms with Crippen molar-refractivity contribution in [3.05, 3.63) is 64.1 Å². The second-order valence-corrected chi connectivity index (χ2v) is 8.33. The Labute approximate surface area is 182 Å². The van der Waals surface area contributed by atoms with E-state index in [-0.39, 0.29) is 23.9 Å². The van der Waals surface area contributed by atoms with E-state index in [1.165, 1.54) is 35.7 Å². The van der Waals surface area contributed by atoms with Gasteiger partial charge in [0.1, 0.15) is 6.54 Å². The summed E-state index contributed by atoms with van der Waals surface area (Å²) in [6.07, 6.45) is 7.02. The Balaban J connectivity index is 1.42. The number of nitrogens with zero attached hydrogens (tertiary/aromatic N) is 3. The molecule has 2 aliphatic heterocycles. The van der Waals surface area contributed by atoms with Crippen LogP contribution in [0.5, 0.6) is 0 Å². The predicted molar refractivity (Wildman–Crippen MR) is 120 cm³/mol. The van der Waals surface area contributed by atoms with Crippen LogP contribution in [0.1, 0.15) is 48.0 Å². The van der Waals surface area contributed by atoms with Gasteiger partial charge in [-0.3, -0.25) is 14.4 Å². The number of hydrogen-bond donors (Lipinski definition) is 1. The molecular formula is C24H30N4O3. The van der Waals surface area contributed by atoms with Crippen molar-refractivity contribution in [2.75, 3.05) is 31.1 Å². The molecule has 7 nitrogen and oxygen atoms in total. The van der Waals surface area contributed by atoms with Gasteiger partial charge in [0.15, 0.2) is 0 Å². The number of nitrogens with one attached hydrogen (secondary N) is 1. The Morgan fingerprint density at radius 2 is 1.58 bits per heavy atom. The fourth-order valence-electron chi connectivity index (χ4n) is 4.38. The number of benzene rings is 1. The summed E-state index contributed by atoms with van der Waals surface area (Å²) in [5.41, 5.74) is 2.34. The number of hydrogen-bond acceptors (Lipinski definition) is 4. The standard InChI is InChI=1S/C24H30N4O3/c29-22-11-10-20(17-28(22)18-23(30)27-14-4-1-5-15-27)24(31)25-16-19-8-2-3-9-21(19)26-12-6-7-13-26/h2-3,8-11,17H,1,4-7,12-16,18H2,(H,25,31). The molecule has 1 aromatic carbocycles. The van der Waals surface area contributed by atoms with E-state index in [9.17, 15) is 14.4 Å². The van der Waals surface area contributed by atoms with Gasteiger partial charge in [0, 0.05) is 50.7 Å². The van der Waals surface area contributed by atoms with Crippen molar-refractivity contribution < 1.29 is 9.59 Å². The lowest BCUT2D eigenvalue weighted by molar-refractivity contribution is -0.132. The quantitative estimate of drug-likeness (QED) is 0.776. The fraction of sp³-hybridized carbons (Fsp3) is 0.458. The third-order valence-electron chi connectivity index (χ3n) is 6.14. The highest BCUT2D eigenvalue weighted by Gasteiger charge is 2.19. The van der Waals surface area contributed by atoms with Crippen molar-refractivity contribution in [2.45, 2.75) is 45.2 Å². The minimum absolute atomic E-state index is 0.0300. The lowest BCUT2D eigenvalue weighted by Gasteiger charge is -2.27. The molecule has 0 saturated carbocycles. The number of likely N-dealkylation sites (tertiary alicyclic amines) is 1. The summed E-state index contributed by atoms with van der Waals surface area (Å²) in [6, 6.07) is 11.0. The third-order valence-corrected chi connectivity index (χ3v) is 6.14. The maximum Gasteiger partial charge on any atom is 0.253 e. The van der Waals surface area contributed by atoms with Crippen molar-refractivity contribution in [3.63, 3.8) is 0 Å². The van der Waals surface area contributed by atoms with Crippen LogP contribution in [0.3, 0.4) is 0 Å². The maximum atomic E-state index is 12.8. The molecule has 164 valence electrons. The molecule has 0 spiro atoms. The van der Waals surface area contributed by atoms with Gasteiger partial charge in [-0.1, -0.05) is 18.2 Å². The largest absolute Gasteiger partial charge is 0.371 e. The number of amides is 2. The number of aromatic nitrogens is 1. The Kier molecular flexibility index (Phi) is 6.70. The van der Waals surface area contributed by atoms with Crippen LogP contribution in [0.15, 0.2) is 47.4 Å². The van der Waals surface area contributed by atoms with Crippen molar-refractivity contribution >= 4 is 17.5 Å². The number of anilines is 1. The molecule has 2 saturated heterocycles. The van der Waals surface area contributed by atoms with Crippen LogP contribution < -0.4 is 15.8 Å². The van der Waals surface area contributed by atoms with Gasteiger partial charge >= 0.3 is 0 Å². The molecule has 4 rings (SSSR count). The van der Waals surface area contributed by atoms with Crippen LogP contribution >= 0.6 is 0 Å². The molecular weight excluding hydrogens is 392 g/mol. The number of piperidine rings is 1. The molecule has 7 heteroatoms. The van der Waals surface area contributed by atoms with Gasteiger partial charge < -0.3 is 19.7 Å². The Morgan fingerprint density at radius 1 is 0.871 bits per heavy atom. The lowest BCUT2D eigenvalue weighted by Crippen LogP contribution is -2.39.